The highest BCUT2D eigenvalue weighted by molar-refractivity contribution is 6.37. The Morgan fingerprint density at radius 3 is 2.71 bits per heavy atom. The number of fused-ring (bicyclic) bond motifs is 1. The van der Waals surface area contributed by atoms with Crippen molar-refractivity contribution in [3.05, 3.63) is 35.0 Å². The first kappa shape index (κ1) is 19.9. The zero-order valence-electron chi connectivity index (χ0n) is 16.2. The molecule has 0 radical (unpaired) electrons. The molecule has 0 bridgehead atoms. The number of ketones is 1. The molecule has 1 atom stereocenters. The number of hydrogen-bond acceptors (Lipinski definition) is 3. The van der Waals surface area contributed by atoms with Crippen LogP contribution >= 0.6 is 11.6 Å². The summed E-state index contributed by atoms with van der Waals surface area (Å²) in [4.78, 5) is 13.0. The lowest BCUT2D eigenvalue weighted by molar-refractivity contribution is -0.0586. The van der Waals surface area contributed by atoms with E-state index < -0.39 is 11.3 Å². The van der Waals surface area contributed by atoms with Gasteiger partial charge in [-0.05, 0) is 57.6 Å². The molecule has 1 aliphatic carbocycles. The summed E-state index contributed by atoms with van der Waals surface area (Å²) in [7, 11) is 0. The number of hydrogen-bond donors (Lipinski definition) is 1. The first-order valence-electron chi connectivity index (χ1n) is 10.1. The molecule has 2 aromatic rings. The van der Waals surface area contributed by atoms with Gasteiger partial charge in [0.2, 0.25) is 0 Å². The minimum Gasteiger partial charge on any atom is -0.390 e. The number of carbonyl (C=O) groups excluding carboxylic acids is 1. The second-order valence-electron chi connectivity index (χ2n) is 8.67. The SMILES string of the molecule is CC1(F)CCC(O)(CCC(=O)c2cn(CC3CCO3)c3cccc(Cl)c23)CC1. The lowest BCUT2D eigenvalue weighted by Crippen LogP contribution is -2.39. The van der Waals surface area contributed by atoms with Gasteiger partial charge in [0.05, 0.1) is 22.2 Å². The number of halogens is 2. The normalized spacial score (nSPS) is 30.4. The fraction of sp³-hybridized carbons (Fsp3) is 0.591. The molecule has 28 heavy (non-hydrogen) atoms. The van der Waals surface area contributed by atoms with Crippen molar-refractivity contribution in [1.82, 2.24) is 4.57 Å². The topological polar surface area (TPSA) is 51.5 Å². The summed E-state index contributed by atoms with van der Waals surface area (Å²) in [5.41, 5.74) is -0.644. The lowest BCUT2D eigenvalue weighted by Gasteiger charge is -2.37. The standard InChI is InChI=1S/C22H27ClFNO3/c1-21(24)8-10-22(27,11-9-21)7-5-19(26)16-14-25(13-15-6-12-28-15)18-4-2-3-17(23)20(16)18/h2-4,14-15,27H,5-13H2,1H3. The molecule has 1 aliphatic heterocycles. The van der Waals surface area contributed by atoms with Gasteiger partial charge in [-0.25, -0.2) is 4.39 Å². The lowest BCUT2D eigenvalue weighted by atomic mass is 9.75. The van der Waals surface area contributed by atoms with E-state index in [1.165, 1.54) is 0 Å². The van der Waals surface area contributed by atoms with Crippen molar-refractivity contribution < 1.29 is 19.0 Å². The van der Waals surface area contributed by atoms with Crippen LogP contribution in [-0.2, 0) is 11.3 Å². The summed E-state index contributed by atoms with van der Waals surface area (Å²) in [5.74, 6) is -0.0339. The van der Waals surface area contributed by atoms with Crippen LogP contribution in [0.25, 0.3) is 10.9 Å². The summed E-state index contributed by atoms with van der Waals surface area (Å²) in [6, 6.07) is 5.64. The van der Waals surface area contributed by atoms with Gasteiger partial charge >= 0.3 is 0 Å². The number of rotatable bonds is 6. The van der Waals surface area contributed by atoms with Crippen LogP contribution in [0.3, 0.4) is 0 Å². The third-order valence-corrected chi connectivity index (χ3v) is 6.71. The average molecular weight is 408 g/mol. The summed E-state index contributed by atoms with van der Waals surface area (Å²) in [5, 5.41) is 12.1. The molecule has 2 fully saturated rings. The Morgan fingerprint density at radius 1 is 1.36 bits per heavy atom. The predicted octanol–water partition coefficient (Wildman–Crippen LogP) is 5.08. The highest BCUT2D eigenvalue weighted by Crippen LogP contribution is 2.40. The van der Waals surface area contributed by atoms with Crippen molar-refractivity contribution in [2.24, 2.45) is 0 Å². The van der Waals surface area contributed by atoms with E-state index in [4.69, 9.17) is 16.3 Å². The smallest absolute Gasteiger partial charge is 0.165 e. The summed E-state index contributed by atoms with van der Waals surface area (Å²) in [6.07, 6.45) is 5.11. The Balaban J connectivity index is 1.52. The summed E-state index contributed by atoms with van der Waals surface area (Å²) >= 11 is 6.42. The van der Waals surface area contributed by atoms with Crippen LogP contribution in [0.5, 0.6) is 0 Å². The third-order valence-electron chi connectivity index (χ3n) is 6.39. The number of benzene rings is 1. The first-order valence-corrected chi connectivity index (χ1v) is 10.5. The van der Waals surface area contributed by atoms with Crippen LogP contribution in [0.15, 0.2) is 24.4 Å². The molecular formula is C22H27ClFNO3. The molecule has 2 aliphatic rings. The van der Waals surface area contributed by atoms with Gasteiger partial charge in [-0.3, -0.25) is 4.79 Å². The van der Waals surface area contributed by atoms with Crippen LogP contribution in [-0.4, -0.2) is 39.4 Å². The van der Waals surface area contributed by atoms with Gasteiger partial charge in [0.1, 0.15) is 5.67 Å². The molecule has 0 spiro atoms. The molecule has 1 unspecified atom stereocenters. The van der Waals surface area contributed by atoms with Crippen LogP contribution in [0.4, 0.5) is 4.39 Å². The van der Waals surface area contributed by atoms with Gasteiger partial charge in [0.25, 0.3) is 0 Å². The molecule has 2 heterocycles. The van der Waals surface area contributed by atoms with E-state index in [1.807, 2.05) is 22.9 Å². The maximum Gasteiger partial charge on any atom is 0.165 e. The Labute approximate surface area is 169 Å². The minimum atomic E-state index is -1.21. The number of aliphatic hydroxyl groups is 1. The Morgan fingerprint density at radius 2 is 2.07 bits per heavy atom. The maximum atomic E-state index is 14.0. The van der Waals surface area contributed by atoms with E-state index in [0.717, 1.165) is 23.9 Å². The number of carbonyl (C=O) groups is 1. The molecule has 0 amide bonds. The van der Waals surface area contributed by atoms with Crippen LogP contribution < -0.4 is 0 Å². The van der Waals surface area contributed by atoms with Crippen molar-refractivity contribution in [3.8, 4) is 0 Å². The molecule has 1 saturated carbocycles. The van der Waals surface area contributed by atoms with Crippen molar-refractivity contribution in [2.75, 3.05) is 6.61 Å². The molecule has 1 aromatic heterocycles. The number of Topliss-reactive ketones (excluding diaryl/α,β-unsaturated/α-hetero) is 1. The van der Waals surface area contributed by atoms with Crippen molar-refractivity contribution in [1.29, 1.82) is 0 Å². The highest BCUT2D eigenvalue weighted by atomic mass is 35.5. The second-order valence-corrected chi connectivity index (χ2v) is 9.08. The fourth-order valence-corrected chi connectivity index (χ4v) is 4.56. The quantitative estimate of drug-likeness (QED) is 0.679. The zero-order chi connectivity index (χ0) is 19.9. The molecule has 1 saturated heterocycles. The molecule has 1 aromatic carbocycles. The molecule has 6 heteroatoms. The van der Waals surface area contributed by atoms with Crippen LogP contribution in [0.2, 0.25) is 5.02 Å². The zero-order valence-corrected chi connectivity index (χ0v) is 17.0. The highest BCUT2D eigenvalue weighted by Gasteiger charge is 2.39. The number of alkyl halides is 1. The van der Waals surface area contributed by atoms with E-state index in [0.29, 0.717) is 49.2 Å². The van der Waals surface area contributed by atoms with E-state index in [1.54, 1.807) is 13.0 Å². The van der Waals surface area contributed by atoms with Gasteiger partial charge in [-0.2, -0.15) is 0 Å². The molecular weight excluding hydrogens is 381 g/mol. The molecule has 4 nitrogen and oxygen atoms in total. The van der Waals surface area contributed by atoms with Gasteiger partial charge in [0, 0.05) is 36.7 Å². The van der Waals surface area contributed by atoms with Crippen molar-refractivity contribution in [2.45, 2.75) is 75.8 Å². The van der Waals surface area contributed by atoms with Crippen LogP contribution in [0, 0.1) is 0 Å². The third kappa shape index (κ3) is 3.98. The van der Waals surface area contributed by atoms with E-state index in [-0.39, 0.29) is 18.3 Å². The monoisotopic (exact) mass is 407 g/mol. The Hall–Kier alpha value is -1.43. The van der Waals surface area contributed by atoms with Crippen molar-refractivity contribution in [3.63, 3.8) is 0 Å². The van der Waals surface area contributed by atoms with Gasteiger partial charge < -0.3 is 14.4 Å². The van der Waals surface area contributed by atoms with Gasteiger partial charge in [-0.15, -0.1) is 0 Å². The summed E-state index contributed by atoms with van der Waals surface area (Å²) < 4.78 is 21.6. The Bertz CT molecular complexity index is 877. The second kappa shape index (κ2) is 7.43. The number of ether oxygens (including phenoxy) is 1. The van der Waals surface area contributed by atoms with Crippen molar-refractivity contribution >= 4 is 28.3 Å². The molecule has 1 N–H and O–H groups in total. The fourth-order valence-electron chi connectivity index (χ4n) is 4.29. The number of nitrogens with zero attached hydrogens (tertiary/aromatic N) is 1. The van der Waals surface area contributed by atoms with Crippen LogP contribution in [0.1, 0.15) is 62.2 Å². The van der Waals surface area contributed by atoms with Gasteiger partial charge in [-0.1, -0.05) is 17.7 Å². The van der Waals surface area contributed by atoms with Gasteiger partial charge in [0.15, 0.2) is 5.78 Å². The Kier molecular flexibility index (Phi) is 5.27. The van der Waals surface area contributed by atoms with E-state index in [2.05, 4.69) is 0 Å². The average Bonchev–Trinajstić information content (AvgIpc) is 2.99. The first-order chi connectivity index (χ1) is 13.3. The predicted molar refractivity (Wildman–Crippen MR) is 108 cm³/mol. The minimum absolute atomic E-state index is 0.0339. The maximum absolute atomic E-state index is 14.0. The molecule has 152 valence electrons. The molecule has 4 rings (SSSR count). The van der Waals surface area contributed by atoms with E-state index in [9.17, 15) is 14.3 Å². The largest absolute Gasteiger partial charge is 0.390 e. The summed E-state index contributed by atoms with van der Waals surface area (Å²) in [6.45, 7) is 3.07. The number of aromatic nitrogens is 1. The van der Waals surface area contributed by atoms with E-state index >= 15 is 0 Å².